The first kappa shape index (κ1) is 17.8. The van der Waals surface area contributed by atoms with E-state index >= 15 is 0 Å². The van der Waals surface area contributed by atoms with E-state index in [9.17, 15) is 9.59 Å². The van der Waals surface area contributed by atoms with Crippen LogP contribution in [0.2, 0.25) is 0 Å². The number of carbonyl (C=O) groups excluding carboxylic acids is 2. The van der Waals surface area contributed by atoms with Gasteiger partial charge >= 0.3 is 0 Å². The fourth-order valence-corrected chi connectivity index (χ4v) is 2.34. The second kappa shape index (κ2) is 8.35. The lowest BCUT2D eigenvalue weighted by atomic mass is 10.2. The average Bonchev–Trinajstić information content (AvgIpc) is 2.61. The number of hydrogen-bond donors (Lipinski definition) is 2. The standard InChI is InChI=1S/C17H17BrN2O4/c1-23-12-7-11(8-13(9-12)24-2)17(22)19-10-16(21)20-15-6-4-3-5-14(15)18/h3-9H,10H2,1-2H3,(H,19,22)(H,20,21). The van der Waals surface area contributed by atoms with E-state index in [1.54, 1.807) is 24.3 Å². The summed E-state index contributed by atoms with van der Waals surface area (Å²) in [6.07, 6.45) is 0. The lowest BCUT2D eigenvalue weighted by molar-refractivity contribution is -0.115. The first-order chi connectivity index (χ1) is 11.5. The molecule has 126 valence electrons. The fraction of sp³-hybridized carbons (Fsp3) is 0.176. The Hall–Kier alpha value is -2.54. The molecular formula is C17H17BrN2O4. The van der Waals surface area contributed by atoms with Gasteiger partial charge in [0.2, 0.25) is 5.91 Å². The summed E-state index contributed by atoms with van der Waals surface area (Å²) in [7, 11) is 3.00. The van der Waals surface area contributed by atoms with E-state index in [4.69, 9.17) is 9.47 Å². The summed E-state index contributed by atoms with van der Waals surface area (Å²) in [5, 5.41) is 5.28. The molecule has 0 aliphatic carbocycles. The minimum Gasteiger partial charge on any atom is -0.497 e. The predicted octanol–water partition coefficient (Wildman–Crippen LogP) is 2.83. The highest BCUT2D eigenvalue weighted by molar-refractivity contribution is 9.10. The molecule has 6 nitrogen and oxygen atoms in total. The van der Waals surface area contributed by atoms with Crippen molar-refractivity contribution in [3.05, 3.63) is 52.5 Å². The second-order valence-corrected chi connectivity index (χ2v) is 5.67. The number of amides is 2. The number of rotatable bonds is 6. The summed E-state index contributed by atoms with van der Waals surface area (Å²) in [5.74, 6) is 0.272. The van der Waals surface area contributed by atoms with E-state index in [1.807, 2.05) is 18.2 Å². The number of nitrogens with one attached hydrogen (secondary N) is 2. The van der Waals surface area contributed by atoms with Crippen molar-refractivity contribution in [2.24, 2.45) is 0 Å². The van der Waals surface area contributed by atoms with Crippen LogP contribution in [0.5, 0.6) is 11.5 Å². The van der Waals surface area contributed by atoms with Crippen LogP contribution in [-0.4, -0.2) is 32.6 Å². The summed E-state index contributed by atoms with van der Waals surface area (Å²) < 4.78 is 11.0. The largest absolute Gasteiger partial charge is 0.497 e. The van der Waals surface area contributed by atoms with Gasteiger partial charge in [-0.25, -0.2) is 0 Å². The van der Waals surface area contributed by atoms with Crippen molar-refractivity contribution in [1.82, 2.24) is 5.32 Å². The normalized spacial score (nSPS) is 9.96. The first-order valence-electron chi connectivity index (χ1n) is 7.09. The average molecular weight is 393 g/mol. The van der Waals surface area contributed by atoms with Crippen molar-refractivity contribution in [1.29, 1.82) is 0 Å². The Bertz CT molecular complexity index is 727. The van der Waals surface area contributed by atoms with Gasteiger partial charge in [-0.15, -0.1) is 0 Å². The fourth-order valence-electron chi connectivity index (χ4n) is 1.96. The summed E-state index contributed by atoms with van der Waals surface area (Å²) >= 11 is 3.34. The highest BCUT2D eigenvalue weighted by atomic mass is 79.9. The van der Waals surface area contributed by atoms with Gasteiger partial charge < -0.3 is 20.1 Å². The third-order valence-corrected chi connectivity index (χ3v) is 3.86. The van der Waals surface area contributed by atoms with Crippen LogP contribution in [0.4, 0.5) is 5.69 Å². The molecule has 0 bridgehead atoms. The SMILES string of the molecule is COc1cc(OC)cc(C(=O)NCC(=O)Nc2ccccc2Br)c1. The molecule has 0 aliphatic rings. The topological polar surface area (TPSA) is 76.7 Å². The van der Waals surface area contributed by atoms with Crippen LogP contribution in [-0.2, 0) is 4.79 Å². The summed E-state index contributed by atoms with van der Waals surface area (Å²) in [6, 6.07) is 12.0. The Morgan fingerprint density at radius 1 is 1.04 bits per heavy atom. The van der Waals surface area contributed by atoms with Crippen molar-refractivity contribution >= 4 is 33.4 Å². The minimum absolute atomic E-state index is 0.153. The van der Waals surface area contributed by atoms with E-state index in [0.717, 1.165) is 4.47 Å². The summed E-state index contributed by atoms with van der Waals surface area (Å²) in [4.78, 5) is 24.1. The van der Waals surface area contributed by atoms with E-state index in [-0.39, 0.29) is 12.5 Å². The highest BCUT2D eigenvalue weighted by Gasteiger charge is 2.12. The molecule has 0 heterocycles. The van der Waals surface area contributed by atoms with Crippen molar-refractivity contribution in [2.75, 3.05) is 26.1 Å². The third kappa shape index (κ3) is 4.73. The van der Waals surface area contributed by atoms with E-state index in [2.05, 4.69) is 26.6 Å². The van der Waals surface area contributed by atoms with Crippen molar-refractivity contribution in [2.45, 2.75) is 0 Å². The van der Waals surface area contributed by atoms with Crippen LogP contribution >= 0.6 is 15.9 Å². The van der Waals surface area contributed by atoms with Gasteiger partial charge in [0.05, 0.1) is 26.5 Å². The highest BCUT2D eigenvalue weighted by Crippen LogP contribution is 2.22. The van der Waals surface area contributed by atoms with Crippen LogP contribution in [0.25, 0.3) is 0 Å². The number of para-hydroxylation sites is 1. The van der Waals surface area contributed by atoms with E-state index in [0.29, 0.717) is 22.7 Å². The quantitative estimate of drug-likeness (QED) is 0.792. The van der Waals surface area contributed by atoms with Gasteiger partial charge in [0.25, 0.3) is 5.91 Å². The maximum atomic E-state index is 12.2. The molecule has 0 radical (unpaired) electrons. The lowest BCUT2D eigenvalue weighted by Crippen LogP contribution is -2.32. The van der Waals surface area contributed by atoms with Crippen molar-refractivity contribution < 1.29 is 19.1 Å². The minimum atomic E-state index is -0.394. The number of hydrogen-bond acceptors (Lipinski definition) is 4. The zero-order valence-corrected chi connectivity index (χ0v) is 14.8. The zero-order chi connectivity index (χ0) is 17.5. The molecule has 0 fully saturated rings. The zero-order valence-electron chi connectivity index (χ0n) is 13.3. The molecule has 2 rings (SSSR count). The Kier molecular flexibility index (Phi) is 6.20. The van der Waals surface area contributed by atoms with Gasteiger partial charge in [-0.05, 0) is 40.2 Å². The number of halogens is 1. The predicted molar refractivity (Wildman–Crippen MR) is 94.7 cm³/mol. The number of ether oxygens (including phenoxy) is 2. The Morgan fingerprint density at radius 3 is 2.25 bits per heavy atom. The molecule has 0 aromatic heterocycles. The molecule has 0 saturated heterocycles. The molecule has 2 aromatic carbocycles. The molecule has 2 amide bonds. The van der Waals surface area contributed by atoms with Crippen LogP contribution < -0.4 is 20.1 Å². The summed E-state index contributed by atoms with van der Waals surface area (Å²) in [5.41, 5.74) is 0.986. The third-order valence-electron chi connectivity index (χ3n) is 3.17. The number of carbonyl (C=O) groups is 2. The Balaban J connectivity index is 1.98. The molecule has 0 spiro atoms. The van der Waals surface area contributed by atoms with Crippen LogP contribution in [0, 0.1) is 0 Å². The van der Waals surface area contributed by atoms with Gasteiger partial charge in [-0.2, -0.15) is 0 Å². The van der Waals surface area contributed by atoms with E-state index in [1.165, 1.54) is 14.2 Å². The van der Waals surface area contributed by atoms with E-state index < -0.39 is 5.91 Å². The van der Waals surface area contributed by atoms with Crippen LogP contribution in [0.1, 0.15) is 10.4 Å². The van der Waals surface area contributed by atoms with Gasteiger partial charge in [0.15, 0.2) is 0 Å². The molecule has 0 saturated carbocycles. The molecule has 2 aromatic rings. The van der Waals surface area contributed by atoms with Crippen LogP contribution in [0.15, 0.2) is 46.9 Å². The van der Waals surface area contributed by atoms with Crippen molar-refractivity contribution in [3.8, 4) is 11.5 Å². The van der Waals surface area contributed by atoms with Crippen LogP contribution in [0.3, 0.4) is 0 Å². The molecule has 0 atom stereocenters. The molecule has 2 N–H and O–H groups in total. The monoisotopic (exact) mass is 392 g/mol. The molecule has 0 aliphatic heterocycles. The Labute approximate surface area is 148 Å². The maximum absolute atomic E-state index is 12.2. The first-order valence-corrected chi connectivity index (χ1v) is 7.88. The lowest BCUT2D eigenvalue weighted by Gasteiger charge is -2.10. The van der Waals surface area contributed by atoms with Crippen molar-refractivity contribution in [3.63, 3.8) is 0 Å². The number of benzene rings is 2. The van der Waals surface area contributed by atoms with Gasteiger partial charge in [-0.1, -0.05) is 12.1 Å². The summed E-state index contributed by atoms with van der Waals surface area (Å²) in [6.45, 7) is -0.153. The smallest absolute Gasteiger partial charge is 0.251 e. The van der Waals surface area contributed by atoms with Gasteiger partial charge in [0, 0.05) is 16.1 Å². The molecular weight excluding hydrogens is 376 g/mol. The maximum Gasteiger partial charge on any atom is 0.251 e. The Morgan fingerprint density at radius 2 is 1.67 bits per heavy atom. The van der Waals surface area contributed by atoms with Gasteiger partial charge in [-0.3, -0.25) is 9.59 Å². The number of anilines is 1. The molecule has 24 heavy (non-hydrogen) atoms. The van der Waals surface area contributed by atoms with Gasteiger partial charge in [0.1, 0.15) is 11.5 Å². The number of methoxy groups -OCH3 is 2. The molecule has 0 unspecified atom stereocenters. The molecule has 7 heteroatoms. The second-order valence-electron chi connectivity index (χ2n) is 4.81.